The van der Waals surface area contributed by atoms with Gasteiger partial charge in [-0.3, -0.25) is 24.7 Å². The van der Waals surface area contributed by atoms with Gasteiger partial charge >= 0.3 is 12.1 Å². The smallest absolute Gasteiger partial charge is 0.416 e. The monoisotopic (exact) mass is 405 g/mol. The van der Waals surface area contributed by atoms with Gasteiger partial charge in [-0.2, -0.15) is 13.2 Å². The minimum atomic E-state index is -4.65. The fraction of sp³-hybridized carbons (Fsp3) is 0.611. The fourth-order valence-corrected chi connectivity index (χ4v) is 2.81. The Balaban J connectivity index is 0.00000190. The van der Waals surface area contributed by atoms with Crippen LogP contribution in [0.15, 0.2) is 18.2 Å². The number of ether oxygens (including phenoxy) is 1. The van der Waals surface area contributed by atoms with Crippen LogP contribution in [-0.2, 0) is 22.3 Å². The minimum Gasteiger partial charge on any atom is -0.465 e. The molecule has 0 aliphatic carbocycles. The molecule has 0 spiro atoms. The number of nitrogens with zero attached hydrogens (tertiary/aromatic N) is 3. The summed E-state index contributed by atoms with van der Waals surface area (Å²) in [6.07, 6.45) is -4.65. The first-order valence-corrected chi connectivity index (χ1v) is 9.09. The van der Waals surface area contributed by atoms with Crippen LogP contribution in [0, 0.1) is 10.1 Å². The summed E-state index contributed by atoms with van der Waals surface area (Å²) in [6.45, 7) is 8.70. The van der Waals surface area contributed by atoms with Crippen LogP contribution in [0.1, 0.15) is 31.9 Å². The van der Waals surface area contributed by atoms with E-state index < -0.39 is 22.4 Å². The number of rotatable bonds is 6. The zero-order chi connectivity index (χ0) is 21.3. The van der Waals surface area contributed by atoms with E-state index in [4.69, 9.17) is 4.74 Å². The highest BCUT2D eigenvalue weighted by molar-refractivity contribution is 5.65. The van der Waals surface area contributed by atoms with Crippen molar-refractivity contribution in [1.29, 1.82) is 0 Å². The van der Waals surface area contributed by atoms with Gasteiger partial charge < -0.3 is 4.74 Å². The lowest BCUT2D eigenvalue weighted by Gasteiger charge is -2.34. The molecule has 1 saturated heterocycles. The Bertz CT molecular complexity index is 660. The van der Waals surface area contributed by atoms with Crippen molar-refractivity contribution >= 4 is 11.7 Å². The number of carbonyl (C=O) groups is 1. The summed E-state index contributed by atoms with van der Waals surface area (Å²) in [7, 11) is 0. The number of alkyl halides is 3. The van der Waals surface area contributed by atoms with Crippen LogP contribution in [0.4, 0.5) is 18.9 Å². The van der Waals surface area contributed by atoms with Crippen molar-refractivity contribution in [3.63, 3.8) is 0 Å². The number of carbonyl (C=O) groups excluding carboxylic acids is 1. The number of piperazine rings is 1. The molecule has 10 heteroatoms. The van der Waals surface area contributed by atoms with Crippen LogP contribution in [0.2, 0.25) is 0 Å². The molecule has 1 aromatic rings. The molecule has 1 fully saturated rings. The molecule has 0 unspecified atom stereocenters. The molecule has 0 amide bonds. The van der Waals surface area contributed by atoms with E-state index in [-0.39, 0.29) is 24.7 Å². The molecule has 0 aromatic heterocycles. The Morgan fingerprint density at radius 3 is 2.25 bits per heavy atom. The van der Waals surface area contributed by atoms with E-state index in [1.807, 2.05) is 18.7 Å². The average molecular weight is 405 g/mol. The van der Waals surface area contributed by atoms with Crippen molar-refractivity contribution in [3.05, 3.63) is 39.4 Å². The van der Waals surface area contributed by atoms with Gasteiger partial charge in [0.15, 0.2) is 0 Å². The second kappa shape index (κ2) is 11.0. The number of hydrogen-bond donors (Lipinski definition) is 0. The largest absolute Gasteiger partial charge is 0.465 e. The van der Waals surface area contributed by atoms with Gasteiger partial charge in [-0.05, 0) is 5.56 Å². The van der Waals surface area contributed by atoms with Crippen molar-refractivity contribution in [3.8, 4) is 0 Å². The average Bonchev–Trinajstić information content (AvgIpc) is 2.64. The number of non-ortho nitro benzene ring substituents is 1. The number of hydrogen-bond acceptors (Lipinski definition) is 6. The molecule has 0 radical (unpaired) electrons. The highest BCUT2D eigenvalue weighted by atomic mass is 19.4. The van der Waals surface area contributed by atoms with Gasteiger partial charge in [0.25, 0.3) is 5.69 Å². The zero-order valence-electron chi connectivity index (χ0n) is 16.3. The number of nitro benzene ring substituents is 1. The molecule has 0 N–H and O–H groups in total. The van der Waals surface area contributed by atoms with Gasteiger partial charge in [0.1, 0.15) is 6.61 Å². The topological polar surface area (TPSA) is 75.9 Å². The fourth-order valence-electron chi connectivity index (χ4n) is 2.81. The van der Waals surface area contributed by atoms with E-state index in [1.165, 1.54) is 13.0 Å². The van der Waals surface area contributed by atoms with Gasteiger partial charge in [-0.25, -0.2) is 0 Å². The van der Waals surface area contributed by atoms with Gasteiger partial charge in [0.2, 0.25) is 0 Å². The summed E-state index contributed by atoms with van der Waals surface area (Å²) < 4.78 is 44.5. The van der Waals surface area contributed by atoms with E-state index in [9.17, 15) is 28.1 Å². The lowest BCUT2D eigenvalue weighted by Crippen LogP contribution is -2.47. The number of nitro groups is 1. The maximum atomic E-state index is 13.2. The quantitative estimate of drug-likeness (QED) is 0.411. The highest BCUT2D eigenvalue weighted by Crippen LogP contribution is 2.35. The third-order valence-electron chi connectivity index (χ3n) is 4.18. The molecule has 0 atom stereocenters. The van der Waals surface area contributed by atoms with Crippen molar-refractivity contribution in [1.82, 2.24) is 9.80 Å². The molecule has 1 aliphatic rings. The lowest BCUT2D eigenvalue weighted by atomic mass is 10.0. The van der Waals surface area contributed by atoms with Crippen molar-refractivity contribution < 1.29 is 27.6 Å². The summed E-state index contributed by atoms with van der Waals surface area (Å²) in [5.41, 5.74) is -1.52. The molecule has 2 rings (SSSR count). The molecule has 158 valence electrons. The van der Waals surface area contributed by atoms with Crippen LogP contribution < -0.4 is 0 Å². The van der Waals surface area contributed by atoms with Crippen LogP contribution in [0.5, 0.6) is 0 Å². The minimum absolute atomic E-state index is 0.0245. The molecule has 1 heterocycles. The Labute approximate surface area is 162 Å². The molecular formula is C18H26F3N3O4. The maximum absolute atomic E-state index is 13.2. The number of halogens is 3. The second-order valence-corrected chi connectivity index (χ2v) is 6.05. The van der Waals surface area contributed by atoms with Crippen LogP contribution in [0.25, 0.3) is 0 Å². The standard InChI is InChI=1S/C16H20F3N3O4.C2H6/c1-12(23)26-9-8-20-4-6-21(7-5-20)11-13-2-3-14(22(24)25)10-15(13)16(17,18)19;1-2/h2-3,10H,4-9,11H2,1H3;1-2H3. The van der Waals surface area contributed by atoms with Crippen molar-refractivity contribution in [2.24, 2.45) is 0 Å². The van der Waals surface area contributed by atoms with Gasteiger partial charge in [-0.15, -0.1) is 0 Å². The lowest BCUT2D eigenvalue weighted by molar-refractivity contribution is -0.385. The summed E-state index contributed by atoms with van der Waals surface area (Å²) in [5.74, 6) is -0.346. The molecule has 1 aromatic carbocycles. The summed E-state index contributed by atoms with van der Waals surface area (Å²) in [4.78, 5) is 24.6. The molecule has 28 heavy (non-hydrogen) atoms. The summed E-state index contributed by atoms with van der Waals surface area (Å²) in [6, 6.07) is 2.86. The highest BCUT2D eigenvalue weighted by Gasteiger charge is 2.35. The van der Waals surface area contributed by atoms with Crippen molar-refractivity contribution in [2.75, 3.05) is 39.3 Å². The predicted molar refractivity (Wildman–Crippen MR) is 97.8 cm³/mol. The Kier molecular flexibility index (Phi) is 9.33. The number of esters is 1. The van der Waals surface area contributed by atoms with Crippen LogP contribution in [0.3, 0.4) is 0 Å². The first-order valence-electron chi connectivity index (χ1n) is 9.09. The van der Waals surface area contributed by atoms with E-state index >= 15 is 0 Å². The summed E-state index contributed by atoms with van der Waals surface area (Å²) in [5, 5.41) is 10.7. The SMILES string of the molecule is CC.CC(=O)OCCN1CCN(Cc2ccc([N+](=O)[O-])cc2C(F)(F)F)CC1. The van der Waals surface area contributed by atoms with Crippen LogP contribution >= 0.6 is 0 Å². The Morgan fingerprint density at radius 1 is 1.18 bits per heavy atom. The third kappa shape index (κ3) is 7.43. The first kappa shape index (κ1) is 23.8. The van der Waals surface area contributed by atoms with Gasteiger partial charge in [-0.1, -0.05) is 19.9 Å². The van der Waals surface area contributed by atoms with Crippen LogP contribution in [-0.4, -0.2) is 60.0 Å². The van der Waals surface area contributed by atoms with E-state index in [2.05, 4.69) is 4.90 Å². The van der Waals surface area contributed by atoms with E-state index in [0.29, 0.717) is 38.8 Å². The Hall–Kier alpha value is -2.20. The first-order chi connectivity index (χ1) is 13.2. The van der Waals surface area contributed by atoms with Gasteiger partial charge in [0.05, 0.1) is 10.5 Å². The van der Waals surface area contributed by atoms with Gasteiger partial charge in [0, 0.05) is 58.3 Å². The second-order valence-electron chi connectivity index (χ2n) is 6.05. The zero-order valence-corrected chi connectivity index (χ0v) is 16.3. The third-order valence-corrected chi connectivity index (χ3v) is 4.18. The molecule has 0 saturated carbocycles. The summed E-state index contributed by atoms with van der Waals surface area (Å²) >= 11 is 0. The van der Waals surface area contributed by atoms with Crippen molar-refractivity contribution in [2.45, 2.75) is 33.5 Å². The normalized spacial score (nSPS) is 15.5. The Morgan fingerprint density at radius 2 is 1.75 bits per heavy atom. The molecule has 7 nitrogen and oxygen atoms in total. The van der Waals surface area contributed by atoms with E-state index in [1.54, 1.807) is 0 Å². The van der Waals surface area contributed by atoms with E-state index in [0.717, 1.165) is 6.07 Å². The molecule has 1 aliphatic heterocycles. The number of benzene rings is 1. The molecule has 0 bridgehead atoms. The maximum Gasteiger partial charge on any atom is 0.416 e. The predicted octanol–water partition coefficient (Wildman–Crippen LogP) is 3.32. The molecular weight excluding hydrogens is 379 g/mol.